The molecule has 1 unspecified atom stereocenters. The normalized spacial score (nSPS) is 18.9. The lowest BCUT2D eigenvalue weighted by Gasteiger charge is -2.36. The Labute approximate surface area is 129 Å². The second-order valence-corrected chi connectivity index (χ2v) is 6.08. The van der Waals surface area contributed by atoms with Crippen molar-refractivity contribution in [3.05, 3.63) is 33.8 Å². The van der Waals surface area contributed by atoms with E-state index >= 15 is 0 Å². The highest BCUT2D eigenvalue weighted by molar-refractivity contribution is 6.35. The summed E-state index contributed by atoms with van der Waals surface area (Å²) in [5.41, 5.74) is 1.08. The van der Waals surface area contributed by atoms with Crippen molar-refractivity contribution < 1.29 is 9.90 Å². The molecule has 1 aliphatic rings. The molecular weight excluding hydrogens is 297 g/mol. The molecule has 20 heavy (non-hydrogen) atoms. The molecule has 1 heterocycles. The predicted octanol–water partition coefficient (Wildman–Crippen LogP) is 4.24. The van der Waals surface area contributed by atoms with Crippen LogP contribution < -0.4 is 0 Å². The number of aliphatic carboxylic acids is 1. The van der Waals surface area contributed by atoms with Gasteiger partial charge in [-0.3, -0.25) is 9.69 Å². The summed E-state index contributed by atoms with van der Waals surface area (Å²) >= 11 is 12.2. The van der Waals surface area contributed by atoms with Crippen molar-refractivity contribution in [2.45, 2.75) is 32.2 Å². The van der Waals surface area contributed by atoms with Gasteiger partial charge in [-0.25, -0.2) is 0 Å². The number of hydrogen-bond donors (Lipinski definition) is 1. The van der Waals surface area contributed by atoms with E-state index in [1.165, 1.54) is 0 Å². The smallest absolute Gasteiger partial charge is 0.306 e. The number of carboxylic acids is 1. The summed E-state index contributed by atoms with van der Waals surface area (Å²) in [5.74, 6) is -0.883. The van der Waals surface area contributed by atoms with Gasteiger partial charge in [0.2, 0.25) is 0 Å². The van der Waals surface area contributed by atoms with Crippen LogP contribution >= 0.6 is 23.2 Å². The van der Waals surface area contributed by atoms with Gasteiger partial charge in [-0.05, 0) is 50.0 Å². The standard InChI is InChI=1S/C15H19Cl2NO2/c1-2-14(12-4-3-11(16)9-13(12)17)18-7-5-10(6-8-18)15(19)20/h3-4,9-10,14H,2,5-8H2,1H3,(H,19,20). The predicted molar refractivity (Wildman–Crippen MR) is 81.4 cm³/mol. The maximum absolute atomic E-state index is 11.0. The molecule has 1 saturated heterocycles. The molecule has 0 amide bonds. The van der Waals surface area contributed by atoms with Crippen molar-refractivity contribution in [3.63, 3.8) is 0 Å². The van der Waals surface area contributed by atoms with Crippen molar-refractivity contribution in [1.29, 1.82) is 0 Å². The van der Waals surface area contributed by atoms with E-state index in [9.17, 15) is 4.79 Å². The van der Waals surface area contributed by atoms with Crippen LogP contribution in [0, 0.1) is 5.92 Å². The summed E-state index contributed by atoms with van der Waals surface area (Å²) in [6.07, 6.45) is 2.35. The summed E-state index contributed by atoms with van der Waals surface area (Å²) in [6.45, 7) is 3.72. The molecule has 1 aromatic carbocycles. The lowest BCUT2D eigenvalue weighted by atomic mass is 9.93. The first-order valence-corrected chi connectivity index (χ1v) is 7.70. The average molecular weight is 316 g/mol. The Hall–Kier alpha value is -0.770. The number of carboxylic acid groups (broad SMARTS) is 1. The van der Waals surface area contributed by atoms with Crippen molar-refractivity contribution in [2.24, 2.45) is 5.92 Å². The Morgan fingerprint density at radius 3 is 2.55 bits per heavy atom. The van der Waals surface area contributed by atoms with Crippen LogP contribution in [0.15, 0.2) is 18.2 Å². The molecule has 1 fully saturated rings. The van der Waals surface area contributed by atoms with Crippen LogP contribution in [0.5, 0.6) is 0 Å². The molecule has 0 saturated carbocycles. The zero-order chi connectivity index (χ0) is 14.7. The Bertz CT molecular complexity index is 485. The third-order valence-electron chi connectivity index (χ3n) is 4.03. The minimum atomic E-state index is -0.678. The van der Waals surface area contributed by atoms with Gasteiger partial charge in [0.05, 0.1) is 5.92 Å². The van der Waals surface area contributed by atoms with Gasteiger partial charge in [-0.15, -0.1) is 0 Å². The van der Waals surface area contributed by atoms with Gasteiger partial charge in [-0.1, -0.05) is 36.2 Å². The first-order chi connectivity index (χ1) is 9.52. The minimum absolute atomic E-state index is 0.204. The number of benzene rings is 1. The Balaban J connectivity index is 2.11. The van der Waals surface area contributed by atoms with Gasteiger partial charge < -0.3 is 5.11 Å². The fraction of sp³-hybridized carbons (Fsp3) is 0.533. The van der Waals surface area contributed by atoms with Crippen molar-refractivity contribution in [2.75, 3.05) is 13.1 Å². The van der Waals surface area contributed by atoms with E-state index in [-0.39, 0.29) is 12.0 Å². The van der Waals surface area contributed by atoms with Crippen LogP contribution in [-0.2, 0) is 4.79 Å². The highest BCUT2D eigenvalue weighted by Crippen LogP contribution is 2.34. The number of carbonyl (C=O) groups is 1. The quantitative estimate of drug-likeness (QED) is 0.903. The monoisotopic (exact) mass is 315 g/mol. The van der Waals surface area contributed by atoms with E-state index in [1.54, 1.807) is 6.07 Å². The first kappa shape index (κ1) is 15.6. The largest absolute Gasteiger partial charge is 0.481 e. The van der Waals surface area contributed by atoms with Gasteiger partial charge in [0, 0.05) is 16.1 Å². The SMILES string of the molecule is CCC(c1ccc(Cl)cc1Cl)N1CCC(C(=O)O)CC1. The van der Waals surface area contributed by atoms with Gasteiger partial charge in [0.15, 0.2) is 0 Å². The fourth-order valence-electron chi connectivity index (χ4n) is 2.90. The summed E-state index contributed by atoms with van der Waals surface area (Å²) in [6, 6.07) is 5.83. The molecule has 1 atom stereocenters. The maximum Gasteiger partial charge on any atom is 0.306 e. The summed E-state index contributed by atoms with van der Waals surface area (Å²) < 4.78 is 0. The van der Waals surface area contributed by atoms with Gasteiger partial charge in [-0.2, -0.15) is 0 Å². The van der Waals surface area contributed by atoms with E-state index in [0.717, 1.165) is 25.1 Å². The third kappa shape index (κ3) is 3.46. The molecule has 0 spiro atoms. The van der Waals surface area contributed by atoms with Crippen LogP contribution in [-0.4, -0.2) is 29.1 Å². The summed E-state index contributed by atoms with van der Waals surface area (Å²) in [7, 11) is 0. The number of rotatable bonds is 4. The second kappa shape index (κ2) is 6.79. The first-order valence-electron chi connectivity index (χ1n) is 6.94. The van der Waals surface area contributed by atoms with E-state index in [1.807, 2.05) is 12.1 Å². The number of nitrogens with zero attached hydrogens (tertiary/aromatic N) is 1. The summed E-state index contributed by atoms with van der Waals surface area (Å²) in [5, 5.41) is 10.4. The molecule has 1 aromatic rings. The van der Waals surface area contributed by atoms with E-state index < -0.39 is 5.97 Å². The summed E-state index contributed by atoms with van der Waals surface area (Å²) in [4.78, 5) is 13.3. The number of halogens is 2. The maximum atomic E-state index is 11.0. The van der Waals surface area contributed by atoms with Crippen molar-refractivity contribution in [3.8, 4) is 0 Å². The van der Waals surface area contributed by atoms with Gasteiger partial charge >= 0.3 is 5.97 Å². The number of piperidine rings is 1. The fourth-order valence-corrected chi connectivity index (χ4v) is 3.44. The molecule has 1 aliphatic heterocycles. The molecule has 2 rings (SSSR count). The molecule has 1 N–H and O–H groups in total. The van der Waals surface area contributed by atoms with Crippen LogP contribution in [0.3, 0.4) is 0 Å². The molecule has 110 valence electrons. The molecule has 0 bridgehead atoms. The highest BCUT2D eigenvalue weighted by atomic mass is 35.5. The van der Waals surface area contributed by atoms with Crippen molar-refractivity contribution >= 4 is 29.2 Å². The average Bonchev–Trinajstić information content (AvgIpc) is 2.42. The molecule has 5 heteroatoms. The Morgan fingerprint density at radius 1 is 1.40 bits per heavy atom. The lowest BCUT2D eigenvalue weighted by molar-refractivity contribution is -0.143. The molecule has 0 radical (unpaired) electrons. The lowest BCUT2D eigenvalue weighted by Crippen LogP contribution is -2.38. The van der Waals surface area contributed by atoms with Gasteiger partial charge in [0.1, 0.15) is 0 Å². The topological polar surface area (TPSA) is 40.5 Å². The van der Waals surface area contributed by atoms with Crippen molar-refractivity contribution in [1.82, 2.24) is 4.90 Å². The van der Waals surface area contributed by atoms with E-state index in [2.05, 4.69) is 11.8 Å². The van der Waals surface area contributed by atoms with E-state index in [0.29, 0.717) is 22.9 Å². The highest BCUT2D eigenvalue weighted by Gasteiger charge is 2.29. The second-order valence-electron chi connectivity index (χ2n) is 5.24. The van der Waals surface area contributed by atoms with Crippen LogP contribution in [0.25, 0.3) is 0 Å². The molecule has 0 aliphatic carbocycles. The van der Waals surface area contributed by atoms with Crippen LogP contribution in [0.1, 0.15) is 37.8 Å². The Morgan fingerprint density at radius 2 is 2.05 bits per heavy atom. The Kier molecular flexibility index (Phi) is 5.30. The van der Waals surface area contributed by atoms with Crippen LogP contribution in [0.4, 0.5) is 0 Å². The molecule has 0 aromatic heterocycles. The number of likely N-dealkylation sites (tertiary alicyclic amines) is 1. The minimum Gasteiger partial charge on any atom is -0.481 e. The zero-order valence-electron chi connectivity index (χ0n) is 11.5. The molecular formula is C15H19Cl2NO2. The van der Waals surface area contributed by atoms with Gasteiger partial charge in [0.25, 0.3) is 0 Å². The zero-order valence-corrected chi connectivity index (χ0v) is 13.0. The number of hydrogen-bond acceptors (Lipinski definition) is 2. The van der Waals surface area contributed by atoms with E-state index in [4.69, 9.17) is 28.3 Å². The van der Waals surface area contributed by atoms with Crippen LogP contribution in [0.2, 0.25) is 10.0 Å². The molecule has 3 nitrogen and oxygen atoms in total. The third-order valence-corrected chi connectivity index (χ3v) is 4.59.